The molecule has 1 fully saturated rings. The van der Waals surface area contributed by atoms with Crippen molar-refractivity contribution >= 4 is 5.69 Å². The van der Waals surface area contributed by atoms with Crippen LogP contribution in [0.3, 0.4) is 0 Å². The fourth-order valence-corrected chi connectivity index (χ4v) is 2.42. The van der Waals surface area contributed by atoms with Gasteiger partial charge >= 0.3 is 0 Å². The van der Waals surface area contributed by atoms with Crippen molar-refractivity contribution in [2.45, 2.75) is 37.6 Å². The number of non-ortho nitro benzene ring substituents is 1. The average molecular weight is 288 g/mol. The summed E-state index contributed by atoms with van der Waals surface area (Å²) < 4.78 is 5.21. The SMILES string of the molecule is NC1(c2noc(CCc3cccc([N+](=O)[O-])c3)n2)CCC1. The van der Waals surface area contributed by atoms with E-state index in [0.29, 0.717) is 24.6 Å². The van der Waals surface area contributed by atoms with Crippen LogP contribution in [0.4, 0.5) is 5.69 Å². The molecule has 2 N–H and O–H groups in total. The number of nitro benzene ring substituents is 1. The fraction of sp³-hybridized carbons (Fsp3) is 0.429. The zero-order valence-corrected chi connectivity index (χ0v) is 11.5. The van der Waals surface area contributed by atoms with Gasteiger partial charge in [-0.3, -0.25) is 10.1 Å². The molecule has 0 amide bonds. The molecule has 0 aliphatic heterocycles. The first kappa shape index (κ1) is 13.7. The van der Waals surface area contributed by atoms with Gasteiger partial charge in [0.1, 0.15) is 0 Å². The van der Waals surface area contributed by atoms with Crippen LogP contribution in [0.1, 0.15) is 36.5 Å². The van der Waals surface area contributed by atoms with E-state index in [9.17, 15) is 10.1 Å². The van der Waals surface area contributed by atoms with Gasteiger partial charge in [-0.1, -0.05) is 17.3 Å². The topological polar surface area (TPSA) is 108 Å². The third-order valence-electron chi connectivity index (χ3n) is 3.91. The molecule has 21 heavy (non-hydrogen) atoms. The number of nitro groups is 1. The molecule has 1 aliphatic rings. The molecule has 1 aliphatic carbocycles. The van der Waals surface area contributed by atoms with Crippen LogP contribution in [0.15, 0.2) is 28.8 Å². The smallest absolute Gasteiger partial charge is 0.269 e. The van der Waals surface area contributed by atoms with Crippen molar-refractivity contribution in [2.75, 3.05) is 0 Å². The van der Waals surface area contributed by atoms with Gasteiger partial charge in [0.25, 0.3) is 5.69 Å². The highest BCUT2D eigenvalue weighted by molar-refractivity contribution is 5.34. The Kier molecular flexibility index (Phi) is 3.42. The lowest BCUT2D eigenvalue weighted by Gasteiger charge is -2.34. The molecule has 0 saturated heterocycles. The third-order valence-corrected chi connectivity index (χ3v) is 3.91. The quantitative estimate of drug-likeness (QED) is 0.666. The second kappa shape index (κ2) is 5.25. The van der Waals surface area contributed by atoms with Gasteiger partial charge in [0.05, 0.1) is 10.5 Å². The molecule has 3 rings (SSSR count). The van der Waals surface area contributed by atoms with Crippen molar-refractivity contribution in [2.24, 2.45) is 5.73 Å². The number of nitrogens with two attached hydrogens (primary N) is 1. The number of benzene rings is 1. The number of hydrogen-bond donors (Lipinski definition) is 1. The Balaban J connectivity index is 1.65. The van der Waals surface area contributed by atoms with E-state index in [-0.39, 0.29) is 5.69 Å². The molecule has 110 valence electrons. The lowest BCUT2D eigenvalue weighted by molar-refractivity contribution is -0.384. The molecular weight excluding hydrogens is 272 g/mol. The number of hydrogen-bond acceptors (Lipinski definition) is 6. The maximum atomic E-state index is 10.7. The summed E-state index contributed by atoms with van der Waals surface area (Å²) in [4.78, 5) is 14.7. The van der Waals surface area contributed by atoms with E-state index in [1.165, 1.54) is 6.07 Å². The summed E-state index contributed by atoms with van der Waals surface area (Å²) >= 11 is 0. The summed E-state index contributed by atoms with van der Waals surface area (Å²) in [6.45, 7) is 0. The highest BCUT2D eigenvalue weighted by Gasteiger charge is 2.38. The lowest BCUT2D eigenvalue weighted by Crippen LogP contribution is -2.44. The van der Waals surface area contributed by atoms with Crippen molar-refractivity contribution in [3.8, 4) is 0 Å². The summed E-state index contributed by atoms with van der Waals surface area (Å²) in [6, 6.07) is 6.56. The number of aryl methyl sites for hydroxylation is 2. The van der Waals surface area contributed by atoms with E-state index in [2.05, 4.69) is 10.1 Å². The molecule has 1 aromatic carbocycles. The molecule has 0 unspecified atom stereocenters. The number of rotatable bonds is 5. The molecule has 1 heterocycles. The van der Waals surface area contributed by atoms with Crippen LogP contribution in [0.2, 0.25) is 0 Å². The van der Waals surface area contributed by atoms with Crippen LogP contribution >= 0.6 is 0 Å². The second-order valence-corrected chi connectivity index (χ2v) is 5.45. The van der Waals surface area contributed by atoms with Crippen molar-refractivity contribution in [1.82, 2.24) is 10.1 Å². The number of nitrogens with zero attached hydrogens (tertiary/aromatic N) is 3. The molecule has 7 heteroatoms. The van der Waals surface area contributed by atoms with Crippen LogP contribution < -0.4 is 5.73 Å². The monoisotopic (exact) mass is 288 g/mol. The minimum absolute atomic E-state index is 0.0918. The Labute approximate surface area is 121 Å². The summed E-state index contributed by atoms with van der Waals surface area (Å²) in [5, 5.41) is 14.7. The van der Waals surface area contributed by atoms with Crippen LogP contribution in [0.25, 0.3) is 0 Å². The van der Waals surface area contributed by atoms with Crippen LogP contribution in [0.5, 0.6) is 0 Å². The Morgan fingerprint density at radius 1 is 1.38 bits per heavy atom. The summed E-state index contributed by atoms with van der Waals surface area (Å²) in [5.41, 5.74) is 6.68. The van der Waals surface area contributed by atoms with E-state index in [1.807, 2.05) is 6.07 Å². The Bertz CT molecular complexity index is 664. The Hall–Kier alpha value is -2.28. The molecule has 0 radical (unpaired) electrons. The third kappa shape index (κ3) is 2.78. The highest BCUT2D eigenvalue weighted by atomic mass is 16.6. The molecule has 1 aromatic heterocycles. The van der Waals surface area contributed by atoms with Gasteiger partial charge in [0.2, 0.25) is 5.89 Å². The van der Waals surface area contributed by atoms with Gasteiger partial charge in [-0.25, -0.2) is 0 Å². The van der Waals surface area contributed by atoms with Crippen molar-refractivity contribution in [3.63, 3.8) is 0 Å². The van der Waals surface area contributed by atoms with E-state index in [0.717, 1.165) is 24.8 Å². The van der Waals surface area contributed by atoms with Crippen LogP contribution in [-0.4, -0.2) is 15.1 Å². The standard InChI is InChI=1S/C14H16N4O3/c15-14(7-2-8-14)13-16-12(21-17-13)6-5-10-3-1-4-11(9-10)18(19)20/h1,3-4,9H,2,5-8,15H2. The van der Waals surface area contributed by atoms with Gasteiger partial charge in [-0.15, -0.1) is 0 Å². The van der Waals surface area contributed by atoms with Gasteiger partial charge < -0.3 is 10.3 Å². The summed E-state index contributed by atoms with van der Waals surface area (Å²) in [7, 11) is 0. The van der Waals surface area contributed by atoms with E-state index >= 15 is 0 Å². The maximum absolute atomic E-state index is 10.7. The molecule has 0 atom stereocenters. The van der Waals surface area contributed by atoms with Gasteiger partial charge in [-0.2, -0.15) is 4.98 Å². The summed E-state index contributed by atoms with van der Waals surface area (Å²) in [6.07, 6.45) is 4.02. The second-order valence-electron chi connectivity index (χ2n) is 5.45. The van der Waals surface area contributed by atoms with E-state index < -0.39 is 10.5 Å². The lowest BCUT2D eigenvalue weighted by atomic mass is 9.77. The predicted molar refractivity (Wildman–Crippen MR) is 74.5 cm³/mol. The van der Waals surface area contributed by atoms with E-state index in [1.54, 1.807) is 12.1 Å². The van der Waals surface area contributed by atoms with E-state index in [4.69, 9.17) is 10.3 Å². The minimum atomic E-state index is -0.423. The maximum Gasteiger partial charge on any atom is 0.269 e. The first-order chi connectivity index (χ1) is 10.1. The first-order valence-electron chi connectivity index (χ1n) is 6.92. The van der Waals surface area contributed by atoms with Gasteiger partial charge in [0, 0.05) is 18.6 Å². The Morgan fingerprint density at radius 3 is 2.86 bits per heavy atom. The zero-order chi connectivity index (χ0) is 14.9. The first-order valence-corrected chi connectivity index (χ1v) is 6.92. The van der Waals surface area contributed by atoms with Crippen molar-refractivity contribution in [3.05, 3.63) is 51.7 Å². The van der Waals surface area contributed by atoms with Gasteiger partial charge in [-0.05, 0) is 31.2 Å². The molecule has 1 saturated carbocycles. The molecule has 0 bridgehead atoms. The molecule has 2 aromatic rings. The van der Waals surface area contributed by atoms with Gasteiger partial charge in [0.15, 0.2) is 5.82 Å². The molecular formula is C14H16N4O3. The van der Waals surface area contributed by atoms with Crippen molar-refractivity contribution in [1.29, 1.82) is 0 Å². The predicted octanol–water partition coefficient (Wildman–Crippen LogP) is 2.10. The number of aromatic nitrogens is 2. The van der Waals surface area contributed by atoms with Crippen LogP contribution in [0, 0.1) is 10.1 Å². The van der Waals surface area contributed by atoms with Crippen molar-refractivity contribution < 1.29 is 9.45 Å². The molecule has 0 spiro atoms. The Morgan fingerprint density at radius 2 is 2.19 bits per heavy atom. The average Bonchev–Trinajstić information content (AvgIpc) is 2.92. The van der Waals surface area contributed by atoms with Crippen LogP contribution in [-0.2, 0) is 18.4 Å². The molecule has 7 nitrogen and oxygen atoms in total. The highest BCUT2D eigenvalue weighted by Crippen LogP contribution is 2.36. The summed E-state index contributed by atoms with van der Waals surface area (Å²) in [5.74, 6) is 1.09. The zero-order valence-electron chi connectivity index (χ0n) is 11.5. The largest absolute Gasteiger partial charge is 0.339 e. The normalized spacial score (nSPS) is 16.4. The minimum Gasteiger partial charge on any atom is -0.339 e. The fourth-order valence-electron chi connectivity index (χ4n) is 2.42.